The van der Waals surface area contributed by atoms with Crippen LogP contribution in [0, 0.1) is 6.92 Å². The molecule has 1 aromatic carbocycles. The van der Waals surface area contributed by atoms with Gasteiger partial charge >= 0.3 is 6.03 Å². The molecule has 0 saturated carbocycles. The summed E-state index contributed by atoms with van der Waals surface area (Å²) < 4.78 is 1.79. The molecule has 3 aromatic rings. The van der Waals surface area contributed by atoms with Crippen LogP contribution in [0.2, 0.25) is 0 Å². The number of hydrogen-bond acceptors (Lipinski definition) is 4. The maximum atomic E-state index is 12.0. The van der Waals surface area contributed by atoms with Gasteiger partial charge in [-0.1, -0.05) is 18.2 Å². The van der Waals surface area contributed by atoms with Gasteiger partial charge in [-0.3, -0.25) is 0 Å². The summed E-state index contributed by atoms with van der Waals surface area (Å²) in [6.45, 7) is 4.29. The highest BCUT2D eigenvalue weighted by Gasteiger charge is 2.12. The number of nitrogens with zero attached hydrogens (tertiary/aromatic N) is 3. The number of carbonyl (C=O) groups excluding carboxylic acids is 1. The predicted molar refractivity (Wildman–Crippen MR) is 94.2 cm³/mol. The molecule has 0 bridgehead atoms. The summed E-state index contributed by atoms with van der Waals surface area (Å²) in [5.74, 6) is 0. The van der Waals surface area contributed by atoms with Gasteiger partial charge in [-0.25, -0.2) is 14.5 Å². The quantitative estimate of drug-likeness (QED) is 0.748. The number of thiazole rings is 1. The van der Waals surface area contributed by atoms with Gasteiger partial charge in [-0.05, 0) is 26.0 Å². The summed E-state index contributed by atoms with van der Waals surface area (Å²) in [7, 11) is 0. The second kappa shape index (κ2) is 7.27. The molecule has 0 aliphatic rings. The average molecular weight is 341 g/mol. The van der Waals surface area contributed by atoms with E-state index in [1.54, 1.807) is 22.2 Å². The van der Waals surface area contributed by atoms with Crippen LogP contribution in [-0.2, 0) is 6.54 Å². The van der Waals surface area contributed by atoms with E-state index in [9.17, 15) is 4.79 Å². The minimum Gasteiger partial charge on any atom is -0.334 e. The van der Waals surface area contributed by atoms with Crippen LogP contribution in [0.3, 0.4) is 0 Å². The normalized spacial score (nSPS) is 11.9. The SMILES string of the molecule is Cc1nc([C@H](C)NC(=O)NCc2cnn(-c3ccccc3)c2)cs1. The first-order valence-corrected chi connectivity index (χ1v) is 8.55. The zero-order chi connectivity index (χ0) is 16.9. The summed E-state index contributed by atoms with van der Waals surface area (Å²) in [5.41, 5.74) is 2.80. The molecule has 124 valence electrons. The molecule has 2 N–H and O–H groups in total. The van der Waals surface area contributed by atoms with E-state index in [2.05, 4.69) is 20.7 Å². The smallest absolute Gasteiger partial charge is 0.315 e. The Hall–Kier alpha value is -2.67. The number of amides is 2. The number of urea groups is 1. The first-order chi connectivity index (χ1) is 11.6. The second-order valence-electron chi connectivity index (χ2n) is 5.47. The zero-order valence-corrected chi connectivity index (χ0v) is 14.4. The largest absolute Gasteiger partial charge is 0.334 e. The molecule has 0 aliphatic heterocycles. The van der Waals surface area contributed by atoms with E-state index in [0.29, 0.717) is 6.54 Å². The van der Waals surface area contributed by atoms with Gasteiger partial charge < -0.3 is 10.6 Å². The van der Waals surface area contributed by atoms with Crippen LogP contribution in [0.5, 0.6) is 0 Å². The maximum absolute atomic E-state index is 12.0. The van der Waals surface area contributed by atoms with E-state index in [-0.39, 0.29) is 12.1 Å². The summed E-state index contributed by atoms with van der Waals surface area (Å²) >= 11 is 1.58. The van der Waals surface area contributed by atoms with Crippen molar-refractivity contribution < 1.29 is 4.79 Å². The highest BCUT2D eigenvalue weighted by Crippen LogP contribution is 2.15. The molecule has 1 atom stereocenters. The van der Waals surface area contributed by atoms with Gasteiger partial charge in [0.15, 0.2) is 0 Å². The van der Waals surface area contributed by atoms with Crippen molar-refractivity contribution in [3.8, 4) is 5.69 Å². The third kappa shape index (κ3) is 3.99. The van der Waals surface area contributed by atoms with Gasteiger partial charge in [-0.15, -0.1) is 11.3 Å². The Bertz CT molecular complexity index is 811. The van der Waals surface area contributed by atoms with Crippen LogP contribution in [0.4, 0.5) is 4.79 Å². The molecule has 2 aromatic heterocycles. The zero-order valence-electron chi connectivity index (χ0n) is 13.6. The lowest BCUT2D eigenvalue weighted by Crippen LogP contribution is -2.36. The lowest BCUT2D eigenvalue weighted by Gasteiger charge is -2.12. The highest BCUT2D eigenvalue weighted by atomic mass is 32.1. The minimum absolute atomic E-state index is 0.123. The molecular formula is C17H19N5OS. The lowest BCUT2D eigenvalue weighted by molar-refractivity contribution is 0.237. The Morgan fingerprint density at radius 2 is 2.12 bits per heavy atom. The molecule has 0 fully saturated rings. The van der Waals surface area contributed by atoms with Crippen LogP contribution in [0.1, 0.15) is 29.2 Å². The Morgan fingerprint density at radius 1 is 1.33 bits per heavy atom. The van der Waals surface area contributed by atoms with E-state index in [0.717, 1.165) is 22.0 Å². The molecule has 0 unspecified atom stereocenters. The fourth-order valence-corrected chi connectivity index (χ4v) is 2.96. The molecule has 6 nitrogen and oxygen atoms in total. The molecule has 0 aliphatic carbocycles. The van der Waals surface area contributed by atoms with Gasteiger partial charge in [0.2, 0.25) is 0 Å². The molecule has 3 rings (SSSR count). The van der Waals surface area contributed by atoms with Gasteiger partial charge in [0, 0.05) is 23.7 Å². The van der Waals surface area contributed by atoms with Gasteiger partial charge in [0.1, 0.15) is 0 Å². The third-order valence-electron chi connectivity index (χ3n) is 3.54. The van der Waals surface area contributed by atoms with Crippen LogP contribution < -0.4 is 10.6 Å². The number of benzene rings is 1. The molecule has 2 heterocycles. The van der Waals surface area contributed by atoms with Crippen molar-refractivity contribution in [2.45, 2.75) is 26.4 Å². The Balaban J connectivity index is 1.52. The molecule has 0 radical (unpaired) electrons. The number of hydrogen-bond donors (Lipinski definition) is 2. The van der Waals surface area contributed by atoms with Crippen molar-refractivity contribution in [1.29, 1.82) is 0 Å². The van der Waals surface area contributed by atoms with Crippen molar-refractivity contribution in [2.75, 3.05) is 0 Å². The Kier molecular flexibility index (Phi) is 4.90. The first kappa shape index (κ1) is 16.2. The van der Waals surface area contributed by atoms with E-state index in [4.69, 9.17) is 0 Å². The topological polar surface area (TPSA) is 71.8 Å². The van der Waals surface area contributed by atoms with Crippen molar-refractivity contribution >= 4 is 17.4 Å². The number of carbonyl (C=O) groups is 1. The Morgan fingerprint density at radius 3 is 2.83 bits per heavy atom. The number of aryl methyl sites for hydroxylation is 1. The van der Waals surface area contributed by atoms with E-state index >= 15 is 0 Å². The van der Waals surface area contributed by atoms with E-state index < -0.39 is 0 Å². The van der Waals surface area contributed by atoms with Crippen molar-refractivity contribution in [3.05, 3.63) is 64.4 Å². The average Bonchev–Trinajstić information content (AvgIpc) is 3.23. The summed E-state index contributed by atoms with van der Waals surface area (Å²) in [6, 6.07) is 9.50. The van der Waals surface area contributed by atoms with Gasteiger partial charge in [0.05, 0.1) is 28.6 Å². The molecular weight excluding hydrogens is 322 g/mol. The standard InChI is InChI=1S/C17H19N5OS/c1-12(16-11-24-13(2)21-16)20-17(23)18-8-14-9-19-22(10-14)15-6-4-3-5-7-15/h3-7,9-12H,8H2,1-2H3,(H2,18,20,23)/t12-/m0/s1. The van der Waals surface area contributed by atoms with Crippen LogP contribution in [0.15, 0.2) is 48.1 Å². The molecule has 2 amide bonds. The molecule has 0 spiro atoms. The summed E-state index contributed by atoms with van der Waals surface area (Å²) in [5, 5.41) is 13.0. The number of para-hydroxylation sites is 1. The maximum Gasteiger partial charge on any atom is 0.315 e. The second-order valence-corrected chi connectivity index (χ2v) is 6.53. The number of rotatable bonds is 5. The van der Waals surface area contributed by atoms with Crippen molar-refractivity contribution in [2.24, 2.45) is 0 Å². The monoisotopic (exact) mass is 341 g/mol. The van der Waals surface area contributed by atoms with Crippen molar-refractivity contribution in [3.63, 3.8) is 0 Å². The lowest BCUT2D eigenvalue weighted by atomic mass is 10.3. The van der Waals surface area contributed by atoms with Gasteiger partial charge in [-0.2, -0.15) is 5.10 Å². The Labute approximate surface area is 144 Å². The van der Waals surface area contributed by atoms with Crippen LogP contribution in [0.25, 0.3) is 5.69 Å². The predicted octanol–water partition coefficient (Wildman–Crippen LogP) is 3.20. The highest BCUT2D eigenvalue weighted by molar-refractivity contribution is 7.09. The van der Waals surface area contributed by atoms with E-state index in [1.807, 2.05) is 55.8 Å². The van der Waals surface area contributed by atoms with E-state index in [1.165, 1.54) is 0 Å². The van der Waals surface area contributed by atoms with Crippen LogP contribution in [-0.4, -0.2) is 20.8 Å². The molecule has 7 heteroatoms. The summed E-state index contributed by atoms with van der Waals surface area (Å²) in [6.07, 6.45) is 3.66. The summed E-state index contributed by atoms with van der Waals surface area (Å²) in [4.78, 5) is 16.4. The van der Waals surface area contributed by atoms with Gasteiger partial charge in [0.25, 0.3) is 0 Å². The molecule has 0 saturated heterocycles. The first-order valence-electron chi connectivity index (χ1n) is 7.67. The fraction of sp³-hybridized carbons (Fsp3) is 0.235. The number of nitrogens with one attached hydrogen (secondary N) is 2. The fourth-order valence-electron chi connectivity index (χ4n) is 2.26. The number of aromatic nitrogens is 3. The molecule has 24 heavy (non-hydrogen) atoms. The van der Waals surface area contributed by atoms with Crippen molar-refractivity contribution in [1.82, 2.24) is 25.4 Å². The third-order valence-corrected chi connectivity index (χ3v) is 4.33. The minimum atomic E-state index is -0.222. The van der Waals surface area contributed by atoms with Crippen LogP contribution >= 0.6 is 11.3 Å².